The molecule has 4 heteroatoms. The number of rotatable bonds is 4. The van der Waals surface area contributed by atoms with Gasteiger partial charge >= 0.3 is 0 Å². The second-order valence-corrected chi connectivity index (χ2v) is 5.30. The molecule has 1 saturated carbocycles. The lowest BCUT2D eigenvalue weighted by Gasteiger charge is -2.33. The Morgan fingerprint density at radius 3 is 2.94 bits per heavy atom. The highest BCUT2D eigenvalue weighted by Gasteiger charge is 2.25. The van der Waals surface area contributed by atoms with Gasteiger partial charge in [-0.05, 0) is 38.0 Å². The van der Waals surface area contributed by atoms with Gasteiger partial charge in [0.1, 0.15) is 0 Å². The summed E-state index contributed by atoms with van der Waals surface area (Å²) in [5, 5.41) is 3.45. The smallest absolute Gasteiger partial charge is 0.226 e. The Balaban J connectivity index is 1.98. The molecule has 100 valence electrons. The van der Waals surface area contributed by atoms with Crippen LogP contribution in [0.15, 0.2) is 12.3 Å². The zero-order valence-electron chi connectivity index (χ0n) is 11.5. The van der Waals surface area contributed by atoms with Gasteiger partial charge in [0.05, 0.1) is 6.61 Å². The zero-order chi connectivity index (χ0) is 13.0. The highest BCUT2D eigenvalue weighted by atomic mass is 16.5. The van der Waals surface area contributed by atoms with E-state index in [2.05, 4.69) is 29.1 Å². The number of nitrogens with one attached hydrogen (secondary N) is 1. The first-order valence-corrected chi connectivity index (χ1v) is 6.91. The van der Waals surface area contributed by atoms with E-state index in [-0.39, 0.29) is 0 Å². The molecule has 0 aromatic carbocycles. The highest BCUT2D eigenvalue weighted by molar-refractivity contribution is 5.29. The van der Waals surface area contributed by atoms with Crippen LogP contribution in [0.5, 0.6) is 5.88 Å². The Morgan fingerprint density at radius 1 is 1.39 bits per heavy atom. The molecule has 1 fully saturated rings. The number of aromatic nitrogens is 2. The molecule has 0 saturated heterocycles. The lowest BCUT2D eigenvalue weighted by atomic mass is 9.80. The first-order chi connectivity index (χ1) is 8.69. The maximum atomic E-state index is 5.39. The van der Waals surface area contributed by atoms with Crippen molar-refractivity contribution in [1.82, 2.24) is 9.97 Å². The lowest BCUT2D eigenvalue weighted by Crippen LogP contribution is -2.33. The second kappa shape index (κ2) is 6.03. The fourth-order valence-electron chi connectivity index (χ4n) is 2.69. The molecule has 3 unspecified atom stereocenters. The second-order valence-electron chi connectivity index (χ2n) is 5.30. The summed E-state index contributed by atoms with van der Waals surface area (Å²) >= 11 is 0. The fourth-order valence-corrected chi connectivity index (χ4v) is 2.69. The molecule has 1 aromatic rings. The summed E-state index contributed by atoms with van der Waals surface area (Å²) in [6.07, 6.45) is 5.51. The minimum absolute atomic E-state index is 0.484. The van der Waals surface area contributed by atoms with E-state index < -0.39 is 0 Å². The predicted molar refractivity (Wildman–Crippen MR) is 72.8 cm³/mol. The summed E-state index contributed by atoms with van der Waals surface area (Å²) in [5.41, 5.74) is 0. The van der Waals surface area contributed by atoms with Crippen LogP contribution in [0.3, 0.4) is 0 Å². The normalized spacial score (nSPS) is 27.8. The van der Waals surface area contributed by atoms with Crippen molar-refractivity contribution in [3.05, 3.63) is 12.3 Å². The molecule has 1 aliphatic carbocycles. The van der Waals surface area contributed by atoms with E-state index in [1.807, 2.05) is 6.92 Å². The minimum atomic E-state index is 0.484. The number of nitrogens with zero attached hydrogens (tertiary/aromatic N) is 2. The molecule has 18 heavy (non-hydrogen) atoms. The average molecular weight is 249 g/mol. The van der Waals surface area contributed by atoms with Gasteiger partial charge in [0.15, 0.2) is 0 Å². The molecule has 0 amide bonds. The molecule has 0 aliphatic heterocycles. The Kier molecular flexibility index (Phi) is 4.39. The van der Waals surface area contributed by atoms with Crippen molar-refractivity contribution in [2.45, 2.75) is 46.1 Å². The summed E-state index contributed by atoms with van der Waals surface area (Å²) in [6, 6.07) is 2.28. The van der Waals surface area contributed by atoms with E-state index in [9.17, 15) is 0 Å². The van der Waals surface area contributed by atoms with E-state index in [1.165, 1.54) is 19.3 Å². The van der Waals surface area contributed by atoms with Gasteiger partial charge in [-0.25, -0.2) is 4.98 Å². The summed E-state index contributed by atoms with van der Waals surface area (Å²) in [4.78, 5) is 8.63. The van der Waals surface area contributed by atoms with Gasteiger partial charge < -0.3 is 10.1 Å². The van der Waals surface area contributed by atoms with Crippen LogP contribution in [0.1, 0.15) is 40.0 Å². The van der Waals surface area contributed by atoms with Gasteiger partial charge in [-0.15, -0.1) is 0 Å². The van der Waals surface area contributed by atoms with E-state index >= 15 is 0 Å². The molecule has 3 atom stereocenters. The molecule has 1 aliphatic rings. The molecule has 4 nitrogen and oxygen atoms in total. The van der Waals surface area contributed by atoms with Crippen molar-refractivity contribution in [2.24, 2.45) is 11.8 Å². The van der Waals surface area contributed by atoms with Crippen molar-refractivity contribution >= 4 is 5.95 Å². The Hall–Kier alpha value is -1.32. The molecular formula is C14H23N3O. The van der Waals surface area contributed by atoms with Gasteiger partial charge in [0, 0.05) is 18.3 Å². The third-order valence-corrected chi connectivity index (χ3v) is 3.67. The van der Waals surface area contributed by atoms with Gasteiger partial charge in [0.2, 0.25) is 11.8 Å². The van der Waals surface area contributed by atoms with Crippen molar-refractivity contribution < 1.29 is 4.74 Å². The van der Waals surface area contributed by atoms with Gasteiger partial charge in [-0.1, -0.05) is 13.8 Å². The van der Waals surface area contributed by atoms with Gasteiger partial charge in [-0.2, -0.15) is 4.98 Å². The average Bonchev–Trinajstić information content (AvgIpc) is 2.34. The molecule has 1 aromatic heterocycles. The zero-order valence-corrected chi connectivity index (χ0v) is 11.5. The summed E-state index contributed by atoms with van der Waals surface area (Å²) in [7, 11) is 0. The quantitative estimate of drug-likeness (QED) is 0.890. The maximum absolute atomic E-state index is 5.39. The Morgan fingerprint density at radius 2 is 2.22 bits per heavy atom. The van der Waals surface area contributed by atoms with Crippen LogP contribution >= 0.6 is 0 Å². The van der Waals surface area contributed by atoms with Crippen LogP contribution in [-0.4, -0.2) is 22.6 Å². The van der Waals surface area contributed by atoms with Crippen LogP contribution < -0.4 is 10.1 Å². The number of ether oxygens (including phenoxy) is 1. The fraction of sp³-hybridized carbons (Fsp3) is 0.714. The first kappa shape index (κ1) is 13.1. The maximum Gasteiger partial charge on any atom is 0.226 e. The van der Waals surface area contributed by atoms with Crippen LogP contribution in [0.2, 0.25) is 0 Å². The van der Waals surface area contributed by atoms with Gasteiger partial charge in [0.25, 0.3) is 0 Å². The summed E-state index contributed by atoms with van der Waals surface area (Å²) < 4.78 is 5.39. The van der Waals surface area contributed by atoms with E-state index in [4.69, 9.17) is 4.74 Å². The largest absolute Gasteiger partial charge is 0.478 e. The predicted octanol–water partition coefficient (Wildman–Crippen LogP) is 3.11. The molecule has 1 heterocycles. The molecular weight excluding hydrogens is 226 g/mol. The molecule has 0 bridgehead atoms. The summed E-state index contributed by atoms with van der Waals surface area (Å²) in [6.45, 7) is 7.23. The molecule has 1 N–H and O–H groups in total. The molecule has 0 radical (unpaired) electrons. The third-order valence-electron chi connectivity index (χ3n) is 3.67. The lowest BCUT2D eigenvalue weighted by molar-refractivity contribution is 0.275. The molecule has 0 spiro atoms. The van der Waals surface area contributed by atoms with Crippen molar-refractivity contribution in [3.63, 3.8) is 0 Å². The molecule has 2 rings (SSSR count). The van der Waals surface area contributed by atoms with Gasteiger partial charge in [-0.3, -0.25) is 0 Å². The van der Waals surface area contributed by atoms with Crippen molar-refractivity contribution in [3.8, 4) is 5.88 Å². The first-order valence-electron chi connectivity index (χ1n) is 6.91. The number of anilines is 1. The van der Waals surface area contributed by atoms with Crippen LogP contribution in [0.4, 0.5) is 5.95 Å². The van der Waals surface area contributed by atoms with Crippen molar-refractivity contribution in [1.29, 1.82) is 0 Å². The van der Waals surface area contributed by atoms with Crippen LogP contribution in [0, 0.1) is 11.8 Å². The summed E-state index contributed by atoms with van der Waals surface area (Å²) in [5.74, 6) is 2.85. The van der Waals surface area contributed by atoms with E-state index in [1.54, 1.807) is 12.3 Å². The topological polar surface area (TPSA) is 47.0 Å². The van der Waals surface area contributed by atoms with Crippen LogP contribution in [0.25, 0.3) is 0 Å². The van der Waals surface area contributed by atoms with Crippen LogP contribution in [-0.2, 0) is 0 Å². The standard InChI is InChI=1S/C14H23N3O/c1-4-18-13-7-8-15-14(17-13)16-12-6-5-10(2)9-11(12)3/h7-8,10-12H,4-6,9H2,1-3H3,(H,15,16,17). The SMILES string of the molecule is CCOc1ccnc(NC2CCC(C)CC2C)n1. The Bertz CT molecular complexity index is 383. The van der Waals surface area contributed by atoms with E-state index in [0.717, 1.165) is 5.92 Å². The Labute approximate surface area is 109 Å². The minimum Gasteiger partial charge on any atom is -0.478 e. The van der Waals surface area contributed by atoms with E-state index in [0.29, 0.717) is 30.4 Å². The van der Waals surface area contributed by atoms with Crippen molar-refractivity contribution in [2.75, 3.05) is 11.9 Å². The number of hydrogen-bond donors (Lipinski definition) is 1. The number of hydrogen-bond acceptors (Lipinski definition) is 4. The monoisotopic (exact) mass is 249 g/mol. The highest BCUT2D eigenvalue weighted by Crippen LogP contribution is 2.30. The third kappa shape index (κ3) is 3.34.